The number of halogens is 2. The van der Waals surface area contributed by atoms with E-state index in [1.807, 2.05) is 59.1 Å². The molecule has 27 heavy (non-hydrogen) atoms. The molecule has 0 spiro atoms. The van der Waals surface area contributed by atoms with Gasteiger partial charge in [-0.15, -0.1) is 0 Å². The Morgan fingerprint density at radius 2 is 1.96 bits per heavy atom. The summed E-state index contributed by atoms with van der Waals surface area (Å²) in [4.78, 5) is 19.6. The number of hydrogen-bond acceptors (Lipinski definition) is 4. The average Bonchev–Trinajstić information content (AvgIpc) is 2.70. The maximum Gasteiger partial charge on any atom is 0.257 e. The molecule has 4 nitrogen and oxygen atoms in total. The lowest BCUT2D eigenvalue weighted by Gasteiger charge is -2.27. The fourth-order valence-corrected chi connectivity index (χ4v) is 4.55. The van der Waals surface area contributed by atoms with E-state index in [0.29, 0.717) is 10.6 Å². The number of rotatable bonds is 3. The fourth-order valence-electron chi connectivity index (χ4n) is 3.10. The van der Waals surface area contributed by atoms with Gasteiger partial charge in [-0.2, -0.15) is 11.8 Å². The third-order valence-electron chi connectivity index (χ3n) is 4.49. The van der Waals surface area contributed by atoms with Crippen LogP contribution >= 0.6 is 39.3 Å². The second-order valence-electron chi connectivity index (χ2n) is 6.22. The highest BCUT2D eigenvalue weighted by molar-refractivity contribution is 9.10. The molecule has 3 aromatic rings. The quantitative estimate of drug-likeness (QED) is 0.551. The van der Waals surface area contributed by atoms with E-state index >= 15 is 0 Å². The zero-order chi connectivity index (χ0) is 18.8. The van der Waals surface area contributed by atoms with Gasteiger partial charge in [-0.3, -0.25) is 9.78 Å². The van der Waals surface area contributed by atoms with Crippen molar-refractivity contribution in [1.82, 2.24) is 9.88 Å². The molecule has 1 saturated heterocycles. The van der Waals surface area contributed by atoms with Gasteiger partial charge in [-0.25, -0.2) is 0 Å². The summed E-state index contributed by atoms with van der Waals surface area (Å²) in [5.41, 5.74) is 2.97. The number of carbonyl (C=O) groups is 1. The normalized spacial score (nSPS) is 14.4. The standard InChI is InChI=1S/C20H17BrClN3OS/c21-16-3-1-2-4-18(16)24-19-14-11-13(22)5-6-17(14)23-12-15(19)20(26)25-7-9-27-10-8-25/h1-6,11-12H,7-10H2,(H,23,24). The SMILES string of the molecule is O=C(c1cnc2ccc(Cl)cc2c1Nc1ccccc1Br)N1CCSCC1. The van der Waals surface area contributed by atoms with E-state index in [2.05, 4.69) is 26.2 Å². The minimum Gasteiger partial charge on any atom is -0.353 e. The minimum absolute atomic E-state index is 0.000714. The molecule has 2 aromatic carbocycles. The van der Waals surface area contributed by atoms with Crippen LogP contribution in [0.3, 0.4) is 0 Å². The summed E-state index contributed by atoms with van der Waals surface area (Å²) >= 11 is 11.7. The predicted octanol–water partition coefficient (Wildman–Crippen LogP) is 5.58. The molecule has 0 unspecified atom stereocenters. The molecule has 0 atom stereocenters. The number of fused-ring (bicyclic) bond motifs is 1. The summed E-state index contributed by atoms with van der Waals surface area (Å²) in [6.07, 6.45) is 1.67. The fraction of sp³-hybridized carbons (Fsp3) is 0.200. The van der Waals surface area contributed by atoms with E-state index in [1.165, 1.54) is 0 Å². The van der Waals surface area contributed by atoms with E-state index in [0.717, 1.165) is 51.3 Å². The number of aromatic nitrogens is 1. The monoisotopic (exact) mass is 461 g/mol. The first-order valence-corrected chi connectivity index (χ1v) is 10.9. The molecule has 1 aliphatic heterocycles. The van der Waals surface area contributed by atoms with Crippen molar-refractivity contribution in [3.8, 4) is 0 Å². The van der Waals surface area contributed by atoms with Crippen LogP contribution in [-0.4, -0.2) is 40.4 Å². The van der Waals surface area contributed by atoms with Crippen molar-refractivity contribution in [3.05, 3.63) is 63.7 Å². The zero-order valence-electron chi connectivity index (χ0n) is 14.4. The number of nitrogens with zero attached hydrogens (tertiary/aromatic N) is 2. The van der Waals surface area contributed by atoms with Gasteiger partial charge in [-0.05, 0) is 46.3 Å². The van der Waals surface area contributed by atoms with Gasteiger partial charge in [0.25, 0.3) is 5.91 Å². The molecule has 1 aliphatic rings. The first kappa shape index (κ1) is 18.6. The summed E-state index contributed by atoms with van der Waals surface area (Å²) in [6, 6.07) is 13.4. The molecule has 1 aromatic heterocycles. The first-order valence-electron chi connectivity index (χ1n) is 8.60. The predicted molar refractivity (Wildman–Crippen MR) is 117 cm³/mol. The molecule has 138 valence electrons. The Labute approximate surface area is 175 Å². The number of pyridine rings is 1. The lowest BCUT2D eigenvalue weighted by molar-refractivity contribution is 0.0773. The van der Waals surface area contributed by atoms with Crippen molar-refractivity contribution in [2.45, 2.75) is 0 Å². The van der Waals surface area contributed by atoms with Gasteiger partial charge in [0.15, 0.2) is 0 Å². The van der Waals surface area contributed by atoms with Crippen LogP contribution in [0.5, 0.6) is 0 Å². The number of hydrogen-bond donors (Lipinski definition) is 1. The van der Waals surface area contributed by atoms with Gasteiger partial charge in [0.05, 0.1) is 22.5 Å². The van der Waals surface area contributed by atoms with Crippen LogP contribution in [0, 0.1) is 0 Å². The molecular formula is C20H17BrClN3OS. The Morgan fingerprint density at radius 3 is 2.74 bits per heavy atom. The van der Waals surface area contributed by atoms with Crippen LogP contribution < -0.4 is 5.32 Å². The number of anilines is 2. The van der Waals surface area contributed by atoms with E-state index in [9.17, 15) is 4.79 Å². The van der Waals surface area contributed by atoms with E-state index in [1.54, 1.807) is 6.20 Å². The van der Waals surface area contributed by atoms with Crippen molar-refractivity contribution in [3.63, 3.8) is 0 Å². The number of thioether (sulfide) groups is 1. The molecule has 2 heterocycles. The molecule has 1 fully saturated rings. The van der Waals surface area contributed by atoms with Gasteiger partial charge in [0.2, 0.25) is 0 Å². The van der Waals surface area contributed by atoms with E-state index in [-0.39, 0.29) is 5.91 Å². The lowest BCUT2D eigenvalue weighted by Crippen LogP contribution is -2.38. The summed E-state index contributed by atoms with van der Waals surface area (Å²) in [5.74, 6) is 1.93. The molecule has 4 rings (SSSR count). The van der Waals surface area contributed by atoms with Crippen molar-refractivity contribution in [1.29, 1.82) is 0 Å². The Bertz CT molecular complexity index is 1010. The minimum atomic E-state index is -0.000714. The van der Waals surface area contributed by atoms with Gasteiger partial charge in [0.1, 0.15) is 0 Å². The lowest BCUT2D eigenvalue weighted by atomic mass is 10.1. The highest BCUT2D eigenvalue weighted by Gasteiger charge is 2.23. The molecular weight excluding hydrogens is 446 g/mol. The van der Waals surface area contributed by atoms with Crippen LogP contribution in [0.4, 0.5) is 11.4 Å². The molecule has 0 saturated carbocycles. The van der Waals surface area contributed by atoms with Crippen molar-refractivity contribution in [2.75, 3.05) is 29.9 Å². The zero-order valence-corrected chi connectivity index (χ0v) is 17.6. The summed E-state index contributed by atoms with van der Waals surface area (Å²) in [5, 5.41) is 4.87. The van der Waals surface area contributed by atoms with Crippen LogP contribution in [0.1, 0.15) is 10.4 Å². The average molecular weight is 463 g/mol. The number of amides is 1. The Morgan fingerprint density at radius 1 is 1.19 bits per heavy atom. The molecule has 0 radical (unpaired) electrons. The molecule has 1 N–H and O–H groups in total. The molecule has 0 aliphatic carbocycles. The summed E-state index contributed by atoms with van der Waals surface area (Å²) < 4.78 is 0.921. The molecule has 0 bridgehead atoms. The topological polar surface area (TPSA) is 45.2 Å². The van der Waals surface area contributed by atoms with Gasteiger partial charge in [-0.1, -0.05) is 23.7 Å². The first-order chi connectivity index (χ1) is 13.1. The van der Waals surface area contributed by atoms with Crippen LogP contribution in [0.2, 0.25) is 5.02 Å². The second-order valence-corrected chi connectivity index (χ2v) is 8.73. The highest BCUT2D eigenvalue weighted by atomic mass is 79.9. The molecule has 1 amide bonds. The smallest absolute Gasteiger partial charge is 0.257 e. The number of nitrogens with one attached hydrogen (secondary N) is 1. The third kappa shape index (κ3) is 3.93. The number of benzene rings is 2. The maximum atomic E-state index is 13.2. The summed E-state index contributed by atoms with van der Waals surface area (Å²) in [6.45, 7) is 1.51. The van der Waals surface area contributed by atoms with Crippen LogP contribution in [0.15, 0.2) is 53.1 Å². The largest absolute Gasteiger partial charge is 0.353 e. The van der Waals surface area contributed by atoms with Gasteiger partial charge in [0, 0.05) is 45.7 Å². The van der Waals surface area contributed by atoms with E-state index < -0.39 is 0 Å². The van der Waals surface area contributed by atoms with Crippen LogP contribution in [0.25, 0.3) is 10.9 Å². The van der Waals surface area contributed by atoms with Gasteiger partial charge >= 0.3 is 0 Å². The Hall–Kier alpha value is -1.76. The third-order valence-corrected chi connectivity index (χ3v) is 6.36. The number of carbonyl (C=O) groups excluding carboxylic acids is 1. The summed E-state index contributed by atoms with van der Waals surface area (Å²) in [7, 11) is 0. The van der Waals surface area contributed by atoms with E-state index in [4.69, 9.17) is 11.6 Å². The van der Waals surface area contributed by atoms with Crippen LogP contribution in [-0.2, 0) is 0 Å². The van der Waals surface area contributed by atoms with Crippen molar-refractivity contribution < 1.29 is 4.79 Å². The molecule has 7 heteroatoms. The second kappa shape index (κ2) is 8.09. The Kier molecular flexibility index (Phi) is 5.57. The highest BCUT2D eigenvalue weighted by Crippen LogP contribution is 2.34. The van der Waals surface area contributed by atoms with Crippen molar-refractivity contribution in [2.24, 2.45) is 0 Å². The number of para-hydroxylation sites is 1. The van der Waals surface area contributed by atoms with Crippen molar-refractivity contribution >= 4 is 67.5 Å². The maximum absolute atomic E-state index is 13.2. The Balaban J connectivity index is 1.85. The van der Waals surface area contributed by atoms with Gasteiger partial charge < -0.3 is 10.2 Å².